The molecule has 2 aromatic rings. The number of rotatable bonds is 8. The molecule has 4 nitrogen and oxygen atoms in total. The van der Waals surface area contributed by atoms with Gasteiger partial charge in [0.25, 0.3) is 0 Å². The van der Waals surface area contributed by atoms with Crippen molar-refractivity contribution in [2.75, 3.05) is 19.6 Å². The molecule has 2 heterocycles. The van der Waals surface area contributed by atoms with Gasteiger partial charge >= 0.3 is 0 Å². The first-order chi connectivity index (χ1) is 11.2. The van der Waals surface area contributed by atoms with Crippen LogP contribution < -0.4 is 10.6 Å². The molecule has 2 aromatic heterocycles. The van der Waals surface area contributed by atoms with Crippen molar-refractivity contribution in [1.82, 2.24) is 15.6 Å². The highest BCUT2D eigenvalue weighted by Crippen LogP contribution is 2.14. The summed E-state index contributed by atoms with van der Waals surface area (Å²) in [5, 5.41) is 12.1. The van der Waals surface area contributed by atoms with Crippen molar-refractivity contribution < 1.29 is 0 Å². The molecule has 0 bridgehead atoms. The lowest BCUT2D eigenvalue weighted by Gasteiger charge is -2.13. The lowest BCUT2D eigenvalue weighted by molar-refractivity contribution is 0.595. The normalized spacial score (nSPS) is 12.5. The first kappa shape index (κ1) is 21.4. The van der Waals surface area contributed by atoms with E-state index in [1.165, 1.54) is 4.88 Å². The van der Waals surface area contributed by atoms with Gasteiger partial charge in [0.1, 0.15) is 0 Å². The Kier molecular flexibility index (Phi) is 10.5. The second-order valence-corrected chi connectivity index (χ2v) is 7.74. The van der Waals surface area contributed by atoms with Crippen LogP contribution >= 0.6 is 46.7 Å². The molecule has 0 aromatic carbocycles. The van der Waals surface area contributed by atoms with Gasteiger partial charge in [-0.2, -0.15) is 0 Å². The highest BCUT2D eigenvalue weighted by atomic mass is 127. The van der Waals surface area contributed by atoms with Crippen LogP contribution in [-0.4, -0.2) is 30.6 Å². The molecular formula is C17H27IN4S2. The Morgan fingerprint density at radius 1 is 1.33 bits per heavy atom. The van der Waals surface area contributed by atoms with Crippen LogP contribution in [0, 0.1) is 12.8 Å². The lowest BCUT2D eigenvalue weighted by atomic mass is 10.1. The smallest absolute Gasteiger partial charge is 0.191 e. The molecule has 1 atom stereocenters. The number of hydrogen-bond acceptors (Lipinski definition) is 4. The fourth-order valence-corrected chi connectivity index (χ4v) is 3.77. The molecular weight excluding hydrogens is 451 g/mol. The number of halogens is 1. The molecule has 0 amide bonds. The minimum absolute atomic E-state index is 0. The minimum Gasteiger partial charge on any atom is -0.357 e. The zero-order valence-electron chi connectivity index (χ0n) is 14.5. The average Bonchev–Trinajstić information content (AvgIpc) is 3.16. The first-order valence-corrected chi connectivity index (χ1v) is 9.89. The van der Waals surface area contributed by atoms with Gasteiger partial charge in [-0.1, -0.05) is 13.0 Å². The minimum atomic E-state index is 0. The van der Waals surface area contributed by atoms with Crippen molar-refractivity contribution in [3.63, 3.8) is 0 Å². The Hall–Kier alpha value is -0.670. The Morgan fingerprint density at radius 2 is 2.17 bits per heavy atom. The zero-order valence-corrected chi connectivity index (χ0v) is 18.5. The van der Waals surface area contributed by atoms with E-state index in [0.29, 0.717) is 5.92 Å². The number of aliphatic imine (C=N–C) groups is 1. The van der Waals surface area contributed by atoms with Gasteiger partial charge < -0.3 is 10.6 Å². The van der Waals surface area contributed by atoms with Gasteiger partial charge in [0.15, 0.2) is 5.96 Å². The van der Waals surface area contributed by atoms with Gasteiger partial charge in [-0.15, -0.1) is 46.7 Å². The molecule has 0 saturated heterocycles. The molecule has 2 rings (SSSR count). The number of aromatic nitrogens is 1. The third-order valence-corrected chi connectivity index (χ3v) is 5.10. The first-order valence-electron chi connectivity index (χ1n) is 8.13. The summed E-state index contributed by atoms with van der Waals surface area (Å²) in [6, 6.07) is 4.31. The Balaban J connectivity index is 0.00000288. The van der Waals surface area contributed by atoms with Gasteiger partial charge in [-0.3, -0.25) is 4.99 Å². The summed E-state index contributed by atoms with van der Waals surface area (Å²) in [6.07, 6.45) is 2.03. The number of nitrogens with zero attached hydrogens (tertiary/aromatic N) is 2. The second-order valence-electron chi connectivity index (χ2n) is 5.64. The quantitative estimate of drug-likeness (QED) is 0.341. The third-order valence-electron chi connectivity index (χ3n) is 3.38. The van der Waals surface area contributed by atoms with Crippen LogP contribution in [0.25, 0.3) is 0 Å². The summed E-state index contributed by atoms with van der Waals surface area (Å²) in [4.78, 5) is 10.6. The summed E-state index contributed by atoms with van der Waals surface area (Å²) in [6.45, 7) is 8.96. The van der Waals surface area contributed by atoms with Crippen LogP contribution in [0.5, 0.6) is 0 Å². The fourth-order valence-electron chi connectivity index (χ4n) is 2.26. The summed E-state index contributed by atoms with van der Waals surface area (Å²) in [7, 11) is 0. The average molecular weight is 478 g/mol. The number of guanidine groups is 1. The third kappa shape index (κ3) is 7.94. The highest BCUT2D eigenvalue weighted by molar-refractivity contribution is 14.0. The molecule has 2 N–H and O–H groups in total. The molecule has 24 heavy (non-hydrogen) atoms. The van der Waals surface area contributed by atoms with E-state index in [4.69, 9.17) is 4.99 Å². The molecule has 0 aliphatic rings. The van der Waals surface area contributed by atoms with Crippen LogP contribution in [0.3, 0.4) is 0 Å². The number of hydrogen-bond donors (Lipinski definition) is 2. The maximum Gasteiger partial charge on any atom is 0.191 e. The number of nitrogens with one attached hydrogen (secondary N) is 2. The van der Waals surface area contributed by atoms with E-state index < -0.39 is 0 Å². The van der Waals surface area contributed by atoms with E-state index in [0.717, 1.165) is 49.1 Å². The van der Waals surface area contributed by atoms with Crippen molar-refractivity contribution >= 4 is 52.6 Å². The van der Waals surface area contributed by atoms with Crippen molar-refractivity contribution in [1.29, 1.82) is 0 Å². The van der Waals surface area contributed by atoms with Gasteiger partial charge in [-0.25, -0.2) is 4.98 Å². The molecule has 0 saturated carbocycles. The molecule has 0 spiro atoms. The van der Waals surface area contributed by atoms with Crippen molar-refractivity contribution in [2.45, 2.75) is 33.6 Å². The van der Waals surface area contributed by atoms with Gasteiger partial charge in [-0.05, 0) is 37.6 Å². The second kappa shape index (κ2) is 11.8. The standard InChI is InChI=1S/C17H26N4S2.HI/c1-4-18-17(19-8-7-15-12-23-14(3)21-15)20-11-13(2)10-16-6-5-9-22-16;/h5-6,9,12-13H,4,7-8,10-11H2,1-3H3,(H2,18,19,20);1H. The Labute approximate surface area is 170 Å². The van der Waals surface area contributed by atoms with Crippen LogP contribution in [0.4, 0.5) is 0 Å². The molecule has 134 valence electrons. The van der Waals surface area contributed by atoms with Crippen LogP contribution in [0.1, 0.15) is 29.4 Å². The number of aryl methyl sites for hydroxylation is 1. The predicted molar refractivity (Wildman–Crippen MR) is 117 cm³/mol. The van der Waals surface area contributed by atoms with Crippen molar-refractivity contribution in [3.8, 4) is 0 Å². The van der Waals surface area contributed by atoms with E-state index in [1.54, 1.807) is 11.3 Å². The van der Waals surface area contributed by atoms with E-state index in [2.05, 4.69) is 52.4 Å². The van der Waals surface area contributed by atoms with E-state index in [-0.39, 0.29) is 24.0 Å². The zero-order chi connectivity index (χ0) is 16.5. The van der Waals surface area contributed by atoms with E-state index in [1.807, 2.05) is 18.3 Å². The Morgan fingerprint density at radius 3 is 2.79 bits per heavy atom. The largest absolute Gasteiger partial charge is 0.357 e. The fraction of sp³-hybridized carbons (Fsp3) is 0.529. The summed E-state index contributed by atoms with van der Waals surface area (Å²) in [5.74, 6) is 1.45. The lowest BCUT2D eigenvalue weighted by Crippen LogP contribution is -2.38. The van der Waals surface area contributed by atoms with Crippen molar-refractivity contribution in [3.05, 3.63) is 38.5 Å². The van der Waals surface area contributed by atoms with Crippen LogP contribution in [0.2, 0.25) is 0 Å². The number of thiazole rings is 1. The molecule has 0 aliphatic carbocycles. The van der Waals surface area contributed by atoms with E-state index in [9.17, 15) is 0 Å². The molecule has 0 radical (unpaired) electrons. The van der Waals surface area contributed by atoms with Gasteiger partial charge in [0.2, 0.25) is 0 Å². The van der Waals surface area contributed by atoms with Crippen LogP contribution in [-0.2, 0) is 12.8 Å². The van der Waals surface area contributed by atoms with Crippen molar-refractivity contribution in [2.24, 2.45) is 10.9 Å². The molecule has 1 unspecified atom stereocenters. The van der Waals surface area contributed by atoms with Crippen LogP contribution in [0.15, 0.2) is 27.9 Å². The molecule has 0 aliphatic heterocycles. The van der Waals surface area contributed by atoms with Gasteiger partial charge in [0, 0.05) is 36.3 Å². The topological polar surface area (TPSA) is 49.3 Å². The van der Waals surface area contributed by atoms with Gasteiger partial charge in [0.05, 0.1) is 10.7 Å². The predicted octanol–water partition coefficient (Wildman–Crippen LogP) is 4.11. The maximum atomic E-state index is 4.71. The molecule has 7 heteroatoms. The summed E-state index contributed by atoms with van der Waals surface area (Å²) < 4.78 is 0. The Bertz CT molecular complexity index is 596. The SMILES string of the molecule is CCNC(=NCC(C)Cc1cccs1)NCCc1csc(C)n1.I. The number of thiophene rings is 1. The summed E-state index contributed by atoms with van der Waals surface area (Å²) in [5.41, 5.74) is 1.15. The van der Waals surface area contributed by atoms with E-state index >= 15 is 0 Å². The monoisotopic (exact) mass is 478 g/mol. The highest BCUT2D eigenvalue weighted by Gasteiger charge is 2.05. The molecule has 0 fully saturated rings. The summed E-state index contributed by atoms with van der Waals surface area (Å²) >= 11 is 3.53. The maximum absolute atomic E-state index is 4.71.